The van der Waals surface area contributed by atoms with Crippen molar-refractivity contribution in [3.8, 4) is 11.6 Å². The number of pyridine rings is 1. The van der Waals surface area contributed by atoms with Crippen LogP contribution in [0.25, 0.3) is 0 Å². The van der Waals surface area contributed by atoms with Crippen molar-refractivity contribution in [2.75, 3.05) is 27.4 Å². The normalized spacial score (nSPS) is 8.35. The predicted molar refractivity (Wildman–Crippen MR) is 77.4 cm³/mol. The van der Waals surface area contributed by atoms with Gasteiger partial charge in [-0.25, -0.2) is 9.78 Å². The number of nitrogens with zero attached hydrogens (tertiary/aromatic N) is 1. The lowest BCUT2D eigenvalue weighted by Crippen LogP contribution is -2.07. The molecule has 0 unspecified atom stereocenters. The van der Waals surface area contributed by atoms with E-state index in [2.05, 4.69) is 9.72 Å². The fraction of sp³-hybridized carbons (Fsp3) is 0.571. The zero-order valence-electron chi connectivity index (χ0n) is 13.1. The van der Waals surface area contributed by atoms with Gasteiger partial charge in [-0.05, 0) is 0 Å². The Morgan fingerprint density at radius 2 is 1.85 bits per heavy atom. The first-order valence-corrected chi connectivity index (χ1v) is 6.59. The monoisotopic (exact) mass is 287 g/mol. The minimum Gasteiger partial charge on any atom is -0.491 e. The van der Waals surface area contributed by atoms with Crippen molar-refractivity contribution in [1.29, 1.82) is 0 Å². The molecule has 0 amide bonds. The Balaban J connectivity index is 0. The summed E-state index contributed by atoms with van der Waals surface area (Å²) < 4.78 is 14.6. The minimum atomic E-state index is -0.500. The van der Waals surface area contributed by atoms with Crippen molar-refractivity contribution in [3.05, 3.63) is 17.8 Å². The maximum atomic E-state index is 11.2. The van der Waals surface area contributed by atoms with E-state index in [4.69, 9.17) is 14.6 Å². The number of carbonyl (C=O) groups is 1. The Kier molecular flexibility index (Phi) is 13.9. The predicted octanol–water partition coefficient (Wildman–Crippen LogP) is 2.30. The van der Waals surface area contributed by atoms with Crippen molar-refractivity contribution < 1.29 is 24.1 Å². The van der Waals surface area contributed by atoms with Gasteiger partial charge in [0, 0.05) is 12.3 Å². The first kappa shape index (κ1) is 20.5. The number of ether oxygens (including phenoxy) is 3. The zero-order valence-corrected chi connectivity index (χ0v) is 13.1. The molecule has 1 aromatic rings. The van der Waals surface area contributed by atoms with Crippen LogP contribution in [0.5, 0.6) is 11.6 Å². The second kappa shape index (κ2) is 13.6. The molecule has 0 spiro atoms. The molecule has 1 rings (SSSR count). The molecule has 0 aliphatic rings. The average molecular weight is 287 g/mol. The SMILES string of the molecule is CC.CC.COC(=O)c1cnc(OCCO)c(OC)c1. The molecule has 0 bridgehead atoms. The smallest absolute Gasteiger partial charge is 0.339 e. The summed E-state index contributed by atoms with van der Waals surface area (Å²) in [4.78, 5) is 15.1. The Bertz CT molecular complexity index is 369. The van der Waals surface area contributed by atoms with Crippen molar-refractivity contribution in [1.82, 2.24) is 4.98 Å². The van der Waals surface area contributed by atoms with Crippen LogP contribution in [0.1, 0.15) is 38.1 Å². The van der Waals surface area contributed by atoms with Gasteiger partial charge < -0.3 is 19.3 Å². The van der Waals surface area contributed by atoms with Crippen LogP contribution >= 0.6 is 0 Å². The molecule has 0 fully saturated rings. The molecule has 1 N–H and O–H groups in total. The number of rotatable bonds is 5. The molecule has 20 heavy (non-hydrogen) atoms. The van der Waals surface area contributed by atoms with Gasteiger partial charge in [-0.1, -0.05) is 27.7 Å². The number of aliphatic hydroxyl groups excluding tert-OH is 1. The molecule has 1 aromatic heterocycles. The first-order chi connectivity index (χ1) is 9.72. The maximum Gasteiger partial charge on any atom is 0.339 e. The van der Waals surface area contributed by atoms with Crippen LogP contribution < -0.4 is 9.47 Å². The van der Waals surface area contributed by atoms with Crippen LogP contribution in [0.4, 0.5) is 0 Å². The van der Waals surface area contributed by atoms with Gasteiger partial charge in [-0.3, -0.25) is 0 Å². The first-order valence-electron chi connectivity index (χ1n) is 6.59. The van der Waals surface area contributed by atoms with Gasteiger partial charge in [0.05, 0.1) is 26.4 Å². The summed E-state index contributed by atoms with van der Waals surface area (Å²) in [6.45, 7) is 7.99. The van der Waals surface area contributed by atoms with Crippen molar-refractivity contribution >= 4 is 5.97 Å². The number of aliphatic hydroxyl groups is 1. The van der Waals surface area contributed by atoms with E-state index < -0.39 is 5.97 Å². The van der Waals surface area contributed by atoms with E-state index in [1.807, 2.05) is 27.7 Å². The molecule has 116 valence electrons. The van der Waals surface area contributed by atoms with E-state index in [1.54, 1.807) is 0 Å². The lowest BCUT2D eigenvalue weighted by Gasteiger charge is -2.09. The zero-order chi connectivity index (χ0) is 16.0. The highest BCUT2D eigenvalue weighted by molar-refractivity contribution is 5.89. The maximum absolute atomic E-state index is 11.2. The molecule has 6 nitrogen and oxygen atoms in total. The van der Waals surface area contributed by atoms with Gasteiger partial charge in [0.1, 0.15) is 6.61 Å². The third-order valence-corrected chi connectivity index (χ3v) is 1.79. The molecule has 0 radical (unpaired) electrons. The summed E-state index contributed by atoms with van der Waals surface area (Å²) in [5.41, 5.74) is 0.274. The fourth-order valence-corrected chi connectivity index (χ4v) is 1.06. The number of carbonyl (C=O) groups excluding carboxylic acids is 1. The third kappa shape index (κ3) is 6.94. The van der Waals surface area contributed by atoms with E-state index in [-0.39, 0.29) is 24.7 Å². The summed E-state index contributed by atoms with van der Waals surface area (Å²) in [7, 11) is 2.72. The number of aromatic nitrogens is 1. The summed E-state index contributed by atoms with van der Waals surface area (Å²) in [5, 5.41) is 8.60. The number of esters is 1. The van der Waals surface area contributed by atoms with E-state index in [0.29, 0.717) is 5.75 Å². The summed E-state index contributed by atoms with van der Waals surface area (Å²) in [5.74, 6) is 0.0417. The Morgan fingerprint density at radius 1 is 1.25 bits per heavy atom. The minimum absolute atomic E-state index is 0.112. The standard InChI is InChI=1S/C10H13NO5.2C2H6/c1-14-8-5-7(10(13)15-2)6-11-9(8)16-4-3-12;2*1-2/h5-6,12H,3-4H2,1-2H3;2*1-2H3. The highest BCUT2D eigenvalue weighted by atomic mass is 16.5. The molecular formula is C14H25NO5. The largest absolute Gasteiger partial charge is 0.491 e. The van der Waals surface area contributed by atoms with Crippen LogP contribution in [-0.4, -0.2) is 43.5 Å². The van der Waals surface area contributed by atoms with Crippen LogP contribution in [0.2, 0.25) is 0 Å². The molecule has 0 aromatic carbocycles. The van der Waals surface area contributed by atoms with E-state index >= 15 is 0 Å². The van der Waals surface area contributed by atoms with Crippen LogP contribution in [0.3, 0.4) is 0 Å². The van der Waals surface area contributed by atoms with Gasteiger partial charge in [-0.2, -0.15) is 0 Å². The van der Waals surface area contributed by atoms with Gasteiger partial charge in [0.15, 0.2) is 5.75 Å². The number of hydrogen-bond donors (Lipinski definition) is 1. The lowest BCUT2D eigenvalue weighted by atomic mass is 10.3. The number of methoxy groups -OCH3 is 2. The molecule has 0 atom stereocenters. The Hall–Kier alpha value is -1.82. The molecule has 1 heterocycles. The van der Waals surface area contributed by atoms with Gasteiger partial charge in [0.2, 0.25) is 0 Å². The molecule has 0 saturated carbocycles. The quantitative estimate of drug-likeness (QED) is 0.837. The third-order valence-electron chi connectivity index (χ3n) is 1.79. The average Bonchev–Trinajstić information content (AvgIpc) is 2.55. The summed E-state index contributed by atoms with van der Waals surface area (Å²) in [6.07, 6.45) is 1.32. The van der Waals surface area contributed by atoms with E-state index in [1.165, 1.54) is 26.5 Å². The molecule has 6 heteroatoms. The van der Waals surface area contributed by atoms with Gasteiger partial charge >= 0.3 is 5.97 Å². The number of hydrogen-bond acceptors (Lipinski definition) is 6. The van der Waals surface area contributed by atoms with Crippen molar-refractivity contribution in [2.45, 2.75) is 27.7 Å². The topological polar surface area (TPSA) is 77.9 Å². The second-order valence-corrected chi connectivity index (χ2v) is 2.80. The van der Waals surface area contributed by atoms with Crippen LogP contribution in [0.15, 0.2) is 12.3 Å². The molecular weight excluding hydrogens is 262 g/mol. The van der Waals surface area contributed by atoms with Crippen molar-refractivity contribution in [2.24, 2.45) is 0 Å². The molecule has 0 aliphatic heterocycles. The van der Waals surface area contributed by atoms with Crippen molar-refractivity contribution in [3.63, 3.8) is 0 Å². The Morgan fingerprint density at radius 3 is 2.30 bits per heavy atom. The summed E-state index contributed by atoms with van der Waals surface area (Å²) in [6, 6.07) is 1.46. The second-order valence-electron chi connectivity index (χ2n) is 2.80. The van der Waals surface area contributed by atoms with Gasteiger partial charge in [-0.15, -0.1) is 0 Å². The highest BCUT2D eigenvalue weighted by Gasteiger charge is 2.12. The lowest BCUT2D eigenvalue weighted by molar-refractivity contribution is 0.0599. The fourth-order valence-electron chi connectivity index (χ4n) is 1.06. The molecule has 0 aliphatic carbocycles. The Labute approximate surface area is 120 Å². The van der Waals surface area contributed by atoms with Crippen LogP contribution in [0, 0.1) is 0 Å². The molecule has 0 saturated heterocycles. The summed E-state index contributed by atoms with van der Waals surface area (Å²) >= 11 is 0. The van der Waals surface area contributed by atoms with E-state index in [0.717, 1.165) is 0 Å². The van der Waals surface area contributed by atoms with Crippen LogP contribution in [-0.2, 0) is 4.74 Å². The van der Waals surface area contributed by atoms with E-state index in [9.17, 15) is 4.79 Å². The highest BCUT2D eigenvalue weighted by Crippen LogP contribution is 2.25. The van der Waals surface area contributed by atoms with Gasteiger partial charge in [0.25, 0.3) is 5.88 Å².